The first-order valence-electron chi connectivity index (χ1n) is 8.11. The first kappa shape index (κ1) is 19.0. The zero-order valence-corrected chi connectivity index (χ0v) is 14.8. The fraction of sp³-hybridized carbons (Fsp3) is 0.412. The molecule has 1 saturated heterocycles. The molecule has 0 bridgehead atoms. The van der Waals surface area contributed by atoms with Crippen LogP contribution in [-0.2, 0) is 14.9 Å². The highest BCUT2D eigenvalue weighted by Gasteiger charge is 2.20. The molecule has 25 heavy (non-hydrogen) atoms. The molecular weight excluding hydrogens is 342 g/mol. The maximum atomic E-state index is 12.3. The highest BCUT2D eigenvalue weighted by molar-refractivity contribution is 7.85. The molecular formula is C17H21N3O4S. The van der Waals surface area contributed by atoms with Gasteiger partial charge in [0.05, 0.1) is 4.90 Å². The Bertz CT molecular complexity index is 811. The molecule has 1 aliphatic heterocycles. The van der Waals surface area contributed by atoms with Crippen LogP contribution in [0, 0.1) is 11.3 Å². The Morgan fingerprint density at radius 3 is 2.88 bits per heavy atom. The van der Waals surface area contributed by atoms with E-state index in [1.165, 1.54) is 18.2 Å². The largest absolute Gasteiger partial charge is 0.373 e. The first-order valence-corrected chi connectivity index (χ1v) is 9.55. The van der Waals surface area contributed by atoms with Crippen LogP contribution in [0.15, 0.2) is 40.9 Å². The van der Waals surface area contributed by atoms with Gasteiger partial charge in [-0.2, -0.15) is 13.7 Å². The van der Waals surface area contributed by atoms with Crippen molar-refractivity contribution in [3.8, 4) is 6.07 Å². The van der Waals surface area contributed by atoms with Crippen molar-refractivity contribution >= 4 is 21.7 Å². The monoisotopic (exact) mass is 363 g/mol. The zero-order chi connectivity index (χ0) is 18.4. The summed E-state index contributed by atoms with van der Waals surface area (Å²) in [6.07, 6.45) is 5.70. The number of carbonyl (C=O) groups is 1. The predicted octanol–water partition coefficient (Wildman–Crippen LogP) is 2.54. The maximum Gasteiger partial charge on any atom is 0.294 e. The van der Waals surface area contributed by atoms with E-state index in [1.807, 2.05) is 11.0 Å². The molecule has 1 aromatic carbocycles. The molecule has 2 rings (SSSR count). The van der Waals surface area contributed by atoms with Gasteiger partial charge < -0.3 is 10.2 Å². The van der Waals surface area contributed by atoms with Crippen LogP contribution in [0.1, 0.15) is 32.6 Å². The number of anilines is 1. The summed E-state index contributed by atoms with van der Waals surface area (Å²) < 4.78 is 31.4. The van der Waals surface area contributed by atoms with Gasteiger partial charge in [-0.1, -0.05) is 13.0 Å². The van der Waals surface area contributed by atoms with Crippen molar-refractivity contribution in [1.29, 1.82) is 5.26 Å². The van der Waals surface area contributed by atoms with Crippen molar-refractivity contribution in [2.75, 3.05) is 11.9 Å². The lowest BCUT2D eigenvalue weighted by Crippen LogP contribution is -2.35. The van der Waals surface area contributed by atoms with E-state index in [2.05, 4.69) is 12.2 Å². The van der Waals surface area contributed by atoms with Crippen molar-refractivity contribution in [1.82, 2.24) is 4.90 Å². The number of carbonyl (C=O) groups excluding carboxylic acids is 1. The minimum atomic E-state index is -4.36. The van der Waals surface area contributed by atoms with E-state index in [9.17, 15) is 18.5 Å². The Morgan fingerprint density at radius 1 is 1.48 bits per heavy atom. The molecule has 1 fully saturated rings. The van der Waals surface area contributed by atoms with E-state index in [0.717, 1.165) is 38.3 Å². The molecule has 0 aromatic heterocycles. The van der Waals surface area contributed by atoms with Gasteiger partial charge >= 0.3 is 0 Å². The SMILES string of the molecule is CCC1CCCCN1/C=C(/C#N)C(=O)Nc1cccc(S(=O)(=O)O)c1. The predicted molar refractivity (Wildman–Crippen MR) is 93.2 cm³/mol. The maximum absolute atomic E-state index is 12.3. The molecule has 134 valence electrons. The number of hydrogen-bond donors (Lipinski definition) is 2. The van der Waals surface area contributed by atoms with Crippen molar-refractivity contribution in [3.05, 3.63) is 36.0 Å². The Kier molecular flexibility index (Phi) is 6.17. The highest BCUT2D eigenvalue weighted by Crippen LogP contribution is 2.21. The Morgan fingerprint density at radius 2 is 2.24 bits per heavy atom. The van der Waals surface area contributed by atoms with Crippen LogP contribution in [0.4, 0.5) is 5.69 Å². The summed E-state index contributed by atoms with van der Waals surface area (Å²) in [4.78, 5) is 14.0. The Balaban J connectivity index is 2.18. The molecule has 1 atom stereocenters. The average Bonchev–Trinajstić information content (AvgIpc) is 2.59. The third-order valence-corrected chi connectivity index (χ3v) is 5.04. The molecule has 0 aliphatic carbocycles. The van der Waals surface area contributed by atoms with Crippen LogP contribution in [0.25, 0.3) is 0 Å². The molecule has 7 nitrogen and oxygen atoms in total. The Hall–Kier alpha value is -2.37. The third kappa shape index (κ3) is 5.05. The standard InChI is InChI=1S/C17H21N3O4S/c1-2-15-7-3-4-9-20(15)12-13(11-18)17(21)19-14-6-5-8-16(10-14)25(22,23)24/h5-6,8,10,12,15H,2-4,7,9H2,1H3,(H,19,21)(H,22,23,24)/b13-12-. The number of hydrogen-bond acceptors (Lipinski definition) is 5. The second kappa shape index (κ2) is 8.14. The van der Waals surface area contributed by atoms with Gasteiger partial charge in [0.25, 0.3) is 16.0 Å². The van der Waals surface area contributed by atoms with Crippen molar-refractivity contribution < 1.29 is 17.8 Å². The van der Waals surface area contributed by atoms with Crippen LogP contribution >= 0.6 is 0 Å². The number of nitrogens with zero attached hydrogens (tertiary/aromatic N) is 2. The van der Waals surface area contributed by atoms with Crippen molar-refractivity contribution in [2.24, 2.45) is 0 Å². The molecule has 0 saturated carbocycles. The minimum absolute atomic E-state index is 0.0439. The lowest BCUT2D eigenvalue weighted by molar-refractivity contribution is -0.112. The summed E-state index contributed by atoms with van der Waals surface area (Å²) in [6, 6.07) is 7.44. The number of likely N-dealkylation sites (tertiary alicyclic amines) is 1. The van der Waals surface area contributed by atoms with Crippen molar-refractivity contribution in [3.63, 3.8) is 0 Å². The molecule has 1 amide bonds. The van der Waals surface area contributed by atoms with E-state index in [1.54, 1.807) is 6.20 Å². The van der Waals surface area contributed by atoms with E-state index < -0.39 is 16.0 Å². The molecule has 1 heterocycles. The zero-order valence-electron chi connectivity index (χ0n) is 14.0. The topological polar surface area (TPSA) is 111 Å². The highest BCUT2D eigenvalue weighted by atomic mass is 32.2. The number of rotatable bonds is 5. The average molecular weight is 363 g/mol. The van der Waals surface area contributed by atoms with Gasteiger partial charge in [0, 0.05) is 24.5 Å². The molecule has 0 spiro atoms. The molecule has 0 radical (unpaired) electrons. The van der Waals surface area contributed by atoms with E-state index in [4.69, 9.17) is 4.55 Å². The number of amides is 1. The quantitative estimate of drug-likeness (QED) is 0.472. The van der Waals surface area contributed by atoms with E-state index in [-0.39, 0.29) is 16.2 Å². The van der Waals surface area contributed by atoms with Gasteiger partial charge in [-0.25, -0.2) is 0 Å². The molecule has 1 aliphatic rings. The second-order valence-corrected chi connectivity index (χ2v) is 7.33. The summed E-state index contributed by atoms with van der Waals surface area (Å²) in [6.45, 7) is 2.87. The first-order chi connectivity index (χ1) is 11.8. The Labute approximate surface area is 147 Å². The van der Waals surface area contributed by atoms with Crippen LogP contribution in [0.3, 0.4) is 0 Å². The second-order valence-electron chi connectivity index (χ2n) is 5.91. The van der Waals surface area contributed by atoms with Crippen LogP contribution in [0.5, 0.6) is 0 Å². The van der Waals surface area contributed by atoms with Gasteiger partial charge in [-0.15, -0.1) is 0 Å². The summed E-state index contributed by atoms with van der Waals surface area (Å²) in [5.41, 5.74) is 0.143. The lowest BCUT2D eigenvalue weighted by Gasteiger charge is -2.34. The van der Waals surface area contributed by atoms with Crippen molar-refractivity contribution in [2.45, 2.75) is 43.5 Å². The van der Waals surface area contributed by atoms with Gasteiger partial charge in [0.2, 0.25) is 0 Å². The number of nitrogens with one attached hydrogen (secondary N) is 1. The summed E-state index contributed by atoms with van der Waals surface area (Å²) in [7, 11) is -4.36. The number of piperidine rings is 1. The van der Waals surface area contributed by atoms with E-state index >= 15 is 0 Å². The van der Waals surface area contributed by atoms with E-state index in [0.29, 0.717) is 6.04 Å². The molecule has 2 N–H and O–H groups in total. The van der Waals surface area contributed by atoms with Gasteiger partial charge in [-0.3, -0.25) is 9.35 Å². The summed E-state index contributed by atoms with van der Waals surface area (Å²) >= 11 is 0. The third-order valence-electron chi connectivity index (χ3n) is 4.19. The van der Waals surface area contributed by atoms with Crippen LogP contribution < -0.4 is 5.32 Å². The van der Waals surface area contributed by atoms with Gasteiger partial charge in [-0.05, 0) is 43.9 Å². The molecule has 1 unspecified atom stereocenters. The minimum Gasteiger partial charge on any atom is -0.373 e. The fourth-order valence-electron chi connectivity index (χ4n) is 2.87. The summed E-state index contributed by atoms with van der Waals surface area (Å²) in [5.74, 6) is -0.615. The number of benzene rings is 1. The normalized spacial score (nSPS) is 18.5. The number of nitriles is 1. The molecule has 8 heteroatoms. The van der Waals surface area contributed by atoms with Gasteiger partial charge in [0.15, 0.2) is 0 Å². The molecule has 1 aromatic rings. The summed E-state index contributed by atoms with van der Waals surface area (Å²) in [5, 5.41) is 11.8. The van der Waals surface area contributed by atoms with Crippen LogP contribution in [0.2, 0.25) is 0 Å². The lowest BCUT2D eigenvalue weighted by atomic mass is 10.0. The fourth-order valence-corrected chi connectivity index (χ4v) is 3.39. The smallest absolute Gasteiger partial charge is 0.294 e. The van der Waals surface area contributed by atoms with Crippen LogP contribution in [-0.4, -0.2) is 36.4 Å². The van der Waals surface area contributed by atoms with Gasteiger partial charge in [0.1, 0.15) is 11.6 Å².